The van der Waals surface area contributed by atoms with Crippen molar-refractivity contribution in [2.24, 2.45) is 0 Å². The van der Waals surface area contributed by atoms with Gasteiger partial charge in [0.25, 0.3) is 5.91 Å². The minimum atomic E-state index is -0.524. The second kappa shape index (κ2) is 11.9. The normalized spacial score (nSPS) is 15.0. The second-order valence-electron chi connectivity index (χ2n) is 9.31. The molecule has 0 heterocycles. The lowest BCUT2D eigenvalue weighted by Gasteiger charge is -2.32. The van der Waals surface area contributed by atoms with E-state index >= 15 is 0 Å². The van der Waals surface area contributed by atoms with Crippen LogP contribution in [0.3, 0.4) is 0 Å². The number of nitrogens with zero attached hydrogens (tertiary/aromatic N) is 1. The molecule has 178 valence electrons. The maximum absolute atomic E-state index is 13.4. The molecule has 2 amide bonds. The number of hydrogen-bond donors (Lipinski definition) is 1. The molecule has 1 unspecified atom stereocenters. The number of carbonyl (C=O) groups is 2. The molecule has 0 bridgehead atoms. The largest absolute Gasteiger partial charge is 0.484 e. The van der Waals surface area contributed by atoms with Gasteiger partial charge in [-0.1, -0.05) is 62.1 Å². The van der Waals surface area contributed by atoms with Crippen LogP contribution in [0.2, 0.25) is 0 Å². The highest BCUT2D eigenvalue weighted by Crippen LogP contribution is 2.20. The molecule has 0 aromatic heterocycles. The van der Waals surface area contributed by atoms with Crippen LogP contribution < -0.4 is 10.1 Å². The average molecular weight is 451 g/mol. The van der Waals surface area contributed by atoms with E-state index in [1.54, 1.807) is 4.90 Å². The van der Waals surface area contributed by atoms with Gasteiger partial charge in [-0.2, -0.15) is 0 Å². The molecule has 0 radical (unpaired) electrons. The Morgan fingerprint density at radius 1 is 1.00 bits per heavy atom. The van der Waals surface area contributed by atoms with E-state index in [0.29, 0.717) is 18.7 Å². The third-order valence-electron chi connectivity index (χ3n) is 6.65. The molecule has 3 rings (SSSR count). The van der Waals surface area contributed by atoms with E-state index in [4.69, 9.17) is 4.74 Å². The first kappa shape index (κ1) is 24.8. The van der Waals surface area contributed by atoms with Gasteiger partial charge in [0.15, 0.2) is 6.61 Å². The zero-order valence-electron chi connectivity index (χ0n) is 20.5. The van der Waals surface area contributed by atoms with Gasteiger partial charge in [-0.05, 0) is 68.9 Å². The van der Waals surface area contributed by atoms with E-state index in [1.807, 2.05) is 70.2 Å². The van der Waals surface area contributed by atoms with Crippen LogP contribution in [0, 0.1) is 20.8 Å². The third-order valence-corrected chi connectivity index (χ3v) is 6.65. The molecule has 2 aromatic carbocycles. The average Bonchev–Trinajstić information content (AvgIpc) is 2.81. The van der Waals surface area contributed by atoms with Crippen LogP contribution in [0.5, 0.6) is 5.75 Å². The van der Waals surface area contributed by atoms with Gasteiger partial charge in [-0.3, -0.25) is 9.59 Å². The Balaban J connectivity index is 1.75. The number of ether oxygens (including phenoxy) is 1. The van der Waals surface area contributed by atoms with E-state index in [-0.39, 0.29) is 24.5 Å². The summed E-state index contributed by atoms with van der Waals surface area (Å²) in [5.74, 6) is 0.428. The molecule has 5 nitrogen and oxygen atoms in total. The number of benzene rings is 2. The van der Waals surface area contributed by atoms with Gasteiger partial charge in [-0.25, -0.2) is 0 Å². The van der Waals surface area contributed by atoms with Gasteiger partial charge < -0.3 is 15.0 Å². The van der Waals surface area contributed by atoms with Crippen molar-refractivity contribution in [1.82, 2.24) is 10.2 Å². The summed E-state index contributed by atoms with van der Waals surface area (Å²) in [6, 6.07) is 13.6. The summed E-state index contributed by atoms with van der Waals surface area (Å²) in [5.41, 5.74) is 4.47. The summed E-state index contributed by atoms with van der Waals surface area (Å²) in [4.78, 5) is 28.3. The maximum Gasteiger partial charge on any atom is 0.261 e. The Hall–Kier alpha value is -2.82. The van der Waals surface area contributed by atoms with Crippen molar-refractivity contribution in [1.29, 1.82) is 0 Å². The summed E-state index contributed by atoms with van der Waals surface area (Å²) in [5, 5.41) is 3.21. The Kier molecular flexibility index (Phi) is 8.93. The predicted molar refractivity (Wildman–Crippen MR) is 132 cm³/mol. The number of nitrogens with one attached hydrogen (secondary N) is 1. The maximum atomic E-state index is 13.4. The van der Waals surface area contributed by atoms with Crippen LogP contribution in [-0.4, -0.2) is 35.4 Å². The summed E-state index contributed by atoms with van der Waals surface area (Å²) in [6.45, 7) is 8.36. The highest BCUT2D eigenvalue weighted by molar-refractivity contribution is 5.88. The van der Waals surface area contributed by atoms with Gasteiger partial charge in [0.05, 0.1) is 0 Å². The van der Waals surface area contributed by atoms with Gasteiger partial charge in [0.2, 0.25) is 5.91 Å². The van der Waals surface area contributed by atoms with Crippen molar-refractivity contribution in [3.63, 3.8) is 0 Å². The fourth-order valence-corrected chi connectivity index (χ4v) is 4.39. The summed E-state index contributed by atoms with van der Waals surface area (Å²) >= 11 is 0. The highest BCUT2D eigenvalue weighted by Gasteiger charge is 2.30. The number of aryl methyl sites for hydroxylation is 3. The van der Waals surface area contributed by atoms with Crippen molar-refractivity contribution in [2.45, 2.75) is 84.8 Å². The van der Waals surface area contributed by atoms with Crippen molar-refractivity contribution in [2.75, 3.05) is 6.61 Å². The molecule has 0 spiro atoms. The lowest BCUT2D eigenvalue weighted by molar-refractivity contribution is -0.143. The zero-order chi connectivity index (χ0) is 23.8. The van der Waals surface area contributed by atoms with Crippen molar-refractivity contribution >= 4 is 11.8 Å². The van der Waals surface area contributed by atoms with Gasteiger partial charge in [-0.15, -0.1) is 0 Å². The molecule has 33 heavy (non-hydrogen) atoms. The predicted octanol–water partition coefficient (Wildman–Crippen LogP) is 5.25. The van der Waals surface area contributed by atoms with Gasteiger partial charge in [0.1, 0.15) is 11.8 Å². The Morgan fingerprint density at radius 3 is 2.33 bits per heavy atom. The number of carbonyl (C=O) groups excluding carboxylic acids is 2. The van der Waals surface area contributed by atoms with Crippen LogP contribution in [0.25, 0.3) is 0 Å². The Bertz CT molecular complexity index is 933. The zero-order valence-corrected chi connectivity index (χ0v) is 20.5. The molecule has 5 heteroatoms. The van der Waals surface area contributed by atoms with E-state index in [0.717, 1.165) is 42.4 Å². The molecular weight excluding hydrogens is 412 g/mol. The third kappa shape index (κ3) is 7.08. The molecular formula is C28H38N2O3. The second-order valence-corrected chi connectivity index (χ2v) is 9.31. The summed E-state index contributed by atoms with van der Waals surface area (Å²) < 4.78 is 5.84. The number of rotatable bonds is 9. The summed E-state index contributed by atoms with van der Waals surface area (Å²) in [7, 11) is 0. The minimum Gasteiger partial charge on any atom is -0.484 e. The first-order valence-corrected chi connectivity index (χ1v) is 12.2. The molecule has 1 N–H and O–H groups in total. The smallest absolute Gasteiger partial charge is 0.261 e. The highest BCUT2D eigenvalue weighted by atomic mass is 16.5. The van der Waals surface area contributed by atoms with Gasteiger partial charge >= 0.3 is 0 Å². The molecule has 0 saturated heterocycles. The van der Waals surface area contributed by atoms with Crippen molar-refractivity contribution in [3.05, 3.63) is 64.7 Å². The molecule has 1 fully saturated rings. The van der Waals surface area contributed by atoms with E-state index < -0.39 is 6.04 Å². The Morgan fingerprint density at radius 2 is 1.70 bits per heavy atom. The van der Waals surface area contributed by atoms with Crippen molar-refractivity contribution in [3.8, 4) is 5.75 Å². The lowest BCUT2D eigenvalue weighted by atomic mass is 9.95. The topological polar surface area (TPSA) is 58.6 Å². The fourth-order valence-electron chi connectivity index (χ4n) is 4.39. The van der Waals surface area contributed by atoms with Crippen LogP contribution in [0.15, 0.2) is 42.5 Å². The van der Waals surface area contributed by atoms with Crippen molar-refractivity contribution < 1.29 is 14.3 Å². The number of amides is 2. The first-order chi connectivity index (χ1) is 15.9. The van der Waals surface area contributed by atoms with Crippen LogP contribution >= 0.6 is 0 Å². The molecule has 2 aromatic rings. The van der Waals surface area contributed by atoms with E-state index in [2.05, 4.69) is 5.32 Å². The quantitative estimate of drug-likeness (QED) is 0.568. The SMILES string of the molecule is CCC(C(=O)NC1CCCCC1)N(Cc1ccc(C)cc1)C(=O)COc1ccc(C)c(C)c1. The number of hydrogen-bond acceptors (Lipinski definition) is 3. The fraction of sp³-hybridized carbons (Fsp3) is 0.500. The standard InChI is InChI=1S/C28H38N2O3/c1-5-26(28(32)29-24-9-7-6-8-10-24)30(18-23-14-11-20(2)12-15-23)27(31)19-33-25-16-13-21(3)22(4)17-25/h11-17,24,26H,5-10,18-19H2,1-4H3,(H,29,32). The van der Waals surface area contributed by atoms with E-state index in [9.17, 15) is 9.59 Å². The molecule has 1 atom stereocenters. The van der Waals surface area contributed by atoms with Crippen LogP contribution in [0.4, 0.5) is 0 Å². The van der Waals surface area contributed by atoms with Crippen LogP contribution in [0.1, 0.15) is 67.7 Å². The monoisotopic (exact) mass is 450 g/mol. The molecule has 1 aliphatic carbocycles. The minimum absolute atomic E-state index is 0.0592. The lowest BCUT2D eigenvalue weighted by Crippen LogP contribution is -2.52. The molecule has 1 aliphatic rings. The molecule has 1 saturated carbocycles. The van der Waals surface area contributed by atoms with Crippen LogP contribution in [-0.2, 0) is 16.1 Å². The Labute approximate surface area is 198 Å². The summed E-state index contributed by atoms with van der Waals surface area (Å²) in [6.07, 6.45) is 6.13. The first-order valence-electron chi connectivity index (χ1n) is 12.2. The van der Waals surface area contributed by atoms with Gasteiger partial charge in [0, 0.05) is 12.6 Å². The molecule has 0 aliphatic heterocycles. The van der Waals surface area contributed by atoms with E-state index in [1.165, 1.54) is 12.0 Å².